The molecule has 0 unspecified atom stereocenters. The Morgan fingerprint density at radius 1 is 1.24 bits per heavy atom. The molecule has 1 aliphatic rings. The second kappa shape index (κ2) is 7.43. The third kappa shape index (κ3) is 4.12. The quantitative estimate of drug-likeness (QED) is 0.698. The average molecular weight is 359 g/mol. The van der Waals surface area contributed by atoms with Crippen molar-refractivity contribution in [3.05, 3.63) is 70.1 Å². The standard InChI is InChI=1S/C18H18FN3O2S/c19-14-3-1-13(2-4-14)7-15-8-21-18(24-15)17-11-22(5-6-23-17)10-16-9-20-12-25-16/h1-4,8-9,12,17H,5-7,10-11H2/t17-/m0/s1. The maximum absolute atomic E-state index is 13.0. The van der Waals surface area contributed by atoms with Crippen LogP contribution in [-0.4, -0.2) is 34.6 Å². The molecule has 1 aromatic carbocycles. The molecular formula is C18H18FN3O2S. The van der Waals surface area contributed by atoms with E-state index in [1.807, 2.05) is 11.7 Å². The van der Waals surface area contributed by atoms with Crippen molar-refractivity contribution in [2.45, 2.75) is 19.1 Å². The molecule has 5 nitrogen and oxygen atoms in total. The van der Waals surface area contributed by atoms with Gasteiger partial charge in [-0.15, -0.1) is 11.3 Å². The number of benzene rings is 1. The van der Waals surface area contributed by atoms with Crippen LogP contribution in [0.2, 0.25) is 0 Å². The largest absolute Gasteiger partial charge is 0.442 e. The Morgan fingerprint density at radius 3 is 2.92 bits per heavy atom. The van der Waals surface area contributed by atoms with Gasteiger partial charge in [0.05, 0.1) is 18.3 Å². The molecule has 1 aliphatic heterocycles. The van der Waals surface area contributed by atoms with E-state index in [9.17, 15) is 4.39 Å². The number of morpholine rings is 1. The van der Waals surface area contributed by atoms with E-state index in [1.54, 1.807) is 29.7 Å². The van der Waals surface area contributed by atoms with Crippen LogP contribution in [0.15, 0.2) is 46.6 Å². The minimum absolute atomic E-state index is 0.163. The third-order valence-corrected chi connectivity index (χ3v) is 4.92. The SMILES string of the molecule is Fc1ccc(Cc2cnc([C@@H]3CN(Cc4cncs4)CCO3)o2)cc1. The highest BCUT2D eigenvalue weighted by atomic mass is 32.1. The van der Waals surface area contributed by atoms with Gasteiger partial charge in [0.1, 0.15) is 17.7 Å². The molecule has 4 rings (SSSR count). The van der Waals surface area contributed by atoms with Crippen LogP contribution < -0.4 is 0 Å². The zero-order chi connectivity index (χ0) is 17.1. The number of nitrogens with zero attached hydrogens (tertiary/aromatic N) is 3. The zero-order valence-corrected chi connectivity index (χ0v) is 14.4. The Bertz CT molecular complexity index is 804. The molecule has 3 aromatic rings. The molecule has 0 amide bonds. The zero-order valence-electron chi connectivity index (χ0n) is 13.6. The number of aromatic nitrogens is 2. The molecule has 1 atom stereocenters. The van der Waals surface area contributed by atoms with Crippen LogP contribution in [0.5, 0.6) is 0 Å². The minimum Gasteiger partial charge on any atom is -0.442 e. The summed E-state index contributed by atoms with van der Waals surface area (Å²) in [6.07, 6.45) is 4.05. The molecule has 1 fully saturated rings. The fourth-order valence-electron chi connectivity index (χ4n) is 2.89. The molecule has 25 heavy (non-hydrogen) atoms. The number of rotatable bonds is 5. The highest BCUT2D eigenvalue weighted by Gasteiger charge is 2.26. The van der Waals surface area contributed by atoms with Crippen LogP contribution in [0, 0.1) is 5.82 Å². The van der Waals surface area contributed by atoms with Gasteiger partial charge in [-0.3, -0.25) is 9.88 Å². The van der Waals surface area contributed by atoms with E-state index in [2.05, 4.69) is 14.9 Å². The predicted octanol–water partition coefficient (Wildman–Crippen LogP) is 3.43. The van der Waals surface area contributed by atoms with Crippen LogP contribution in [0.3, 0.4) is 0 Å². The molecule has 1 saturated heterocycles. The fraction of sp³-hybridized carbons (Fsp3) is 0.333. The number of ether oxygens (including phenoxy) is 1. The lowest BCUT2D eigenvalue weighted by atomic mass is 10.1. The van der Waals surface area contributed by atoms with Crippen molar-refractivity contribution >= 4 is 11.3 Å². The smallest absolute Gasteiger partial charge is 0.224 e. The number of thiazole rings is 1. The van der Waals surface area contributed by atoms with Gasteiger partial charge in [0, 0.05) is 37.1 Å². The van der Waals surface area contributed by atoms with Crippen molar-refractivity contribution in [1.82, 2.24) is 14.9 Å². The van der Waals surface area contributed by atoms with Gasteiger partial charge in [-0.25, -0.2) is 9.37 Å². The maximum atomic E-state index is 13.0. The van der Waals surface area contributed by atoms with E-state index < -0.39 is 0 Å². The normalized spacial score (nSPS) is 18.5. The van der Waals surface area contributed by atoms with Gasteiger partial charge in [-0.2, -0.15) is 0 Å². The first-order valence-corrected chi connectivity index (χ1v) is 9.04. The Hall–Kier alpha value is -2.09. The lowest BCUT2D eigenvalue weighted by Gasteiger charge is -2.30. The first-order valence-electron chi connectivity index (χ1n) is 8.16. The van der Waals surface area contributed by atoms with Crippen molar-refractivity contribution < 1.29 is 13.5 Å². The summed E-state index contributed by atoms with van der Waals surface area (Å²) in [5.41, 5.74) is 2.84. The molecule has 0 bridgehead atoms. The Kier molecular flexibility index (Phi) is 4.87. The number of hydrogen-bond acceptors (Lipinski definition) is 6. The van der Waals surface area contributed by atoms with Crippen LogP contribution in [0.25, 0.3) is 0 Å². The van der Waals surface area contributed by atoms with Crippen molar-refractivity contribution in [2.24, 2.45) is 0 Å². The Balaban J connectivity index is 1.39. The van der Waals surface area contributed by atoms with Gasteiger partial charge in [-0.05, 0) is 17.7 Å². The molecular weight excluding hydrogens is 341 g/mol. The van der Waals surface area contributed by atoms with Gasteiger partial charge < -0.3 is 9.15 Å². The molecule has 0 N–H and O–H groups in total. The summed E-state index contributed by atoms with van der Waals surface area (Å²) in [6, 6.07) is 6.42. The van der Waals surface area contributed by atoms with Gasteiger partial charge in [0.25, 0.3) is 0 Å². The molecule has 2 aromatic heterocycles. The van der Waals surface area contributed by atoms with Gasteiger partial charge in [-0.1, -0.05) is 12.1 Å². The van der Waals surface area contributed by atoms with Gasteiger partial charge >= 0.3 is 0 Å². The van der Waals surface area contributed by atoms with Crippen molar-refractivity contribution in [3.8, 4) is 0 Å². The predicted molar refractivity (Wildman–Crippen MR) is 91.8 cm³/mol. The van der Waals surface area contributed by atoms with Crippen LogP contribution in [0.1, 0.15) is 28.2 Å². The average Bonchev–Trinajstić information content (AvgIpc) is 3.29. The van der Waals surface area contributed by atoms with Crippen LogP contribution in [-0.2, 0) is 17.7 Å². The lowest BCUT2D eigenvalue weighted by Crippen LogP contribution is -2.37. The Labute approximate surface area is 149 Å². The van der Waals surface area contributed by atoms with E-state index in [0.717, 1.165) is 31.0 Å². The molecule has 0 saturated carbocycles. The molecule has 7 heteroatoms. The summed E-state index contributed by atoms with van der Waals surface area (Å²) in [6.45, 7) is 3.15. The van der Waals surface area contributed by atoms with E-state index in [-0.39, 0.29) is 11.9 Å². The second-order valence-corrected chi connectivity index (χ2v) is 7.00. The third-order valence-electron chi connectivity index (χ3n) is 4.15. The van der Waals surface area contributed by atoms with E-state index in [0.29, 0.717) is 18.9 Å². The molecule has 3 heterocycles. The van der Waals surface area contributed by atoms with Crippen LogP contribution in [0.4, 0.5) is 4.39 Å². The summed E-state index contributed by atoms with van der Waals surface area (Å²) < 4.78 is 24.7. The monoisotopic (exact) mass is 359 g/mol. The number of oxazole rings is 1. The molecule has 0 spiro atoms. The second-order valence-electron chi connectivity index (χ2n) is 6.03. The first-order chi connectivity index (χ1) is 12.3. The molecule has 0 aliphatic carbocycles. The highest BCUT2D eigenvalue weighted by molar-refractivity contribution is 7.09. The summed E-state index contributed by atoms with van der Waals surface area (Å²) in [7, 11) is 0. The highest BCUT2D eigenvalue weighted by Crippen LogP contribution is 2.24. The summed E-state index contributed by atoms with van der Waals surface area (Å²) in [5, 5.41) is 0. The van der Waals surface area contributed by atoms with E-state index >= 15 is 0 Å². The van der Waals surface area contributed by atoms with E-state index in [1.165, 1.54) is 17.0 Å². The van der Waals surface area contributed by atoms with Crippen LogP contribution >= 0.6 is 11.3 Å². The Morgan fingerprint density at radius 2 is 2.12 bits per heavy atom. The summed E-state index contributed by atoms with van der Waals surface area (Å²) in [4.78, 5) is 12.1. The summed E-state index contributed by atoms with van der Waals surface area (Å²) in [5.74, 6) is 1.12. The van der Waals surface area contributed by atoms with E-state index in [4.69, 9.17) is 9.15 Å². The van der Waals surface area contributed by atoms with Crippen molar-refractivity contribution in [1.29, 1.82) is 0 Å². The fourth-order valence-corrected chi connectivity index (χ4v) is 3.53. The first kappa shape index (κ1) is 16.4. The lowest BCUT2D eigenvalue weighted by molar-refractivity contribution is -0.0454. The summed E-state index contributed by atoms with van der Waals surface area (Å²) >= 11 is 1.66. The number of halogens is 1. The molecule has 0 radical (unpaired) electrons. The minimum atomic E-state index is -0.237. The molecule has 130 valence electrons. The van der Waals surface area contributed by atoms with Gasteiger partial charge in [0.15, 0.2) is 0 Å². The van der Waals surface area contributed by atoms with Crippen molar-refractivity contribution in [2.75, 3.05) is 19.7 Å². The topological polar surface area (TPSA) is 51.4 Å². The maximum Gasteiger partial charge on any atom is 0.224 e. The van der Waals surface area contributed by atoms with Crippen molar-refractivity contribution in [3.63, 3.8) is 0 Å². The van der Waals surface area contributed by atoms with Gasteiger partial charge in [0.2, 0.25) is 5.89 Å². The number of hydrogen-bond donors (Lipinski definition) is 0.